The minimum atomic E-state index is -0.535. The fourth-order valence-corrected chi connectivity index (χ4v) is 2.61. The summed E-state index contributed by atoms with van der Waals surface area (Å²) in [7, 11) is 3.09. The quantitative estimate of drug-likeness (QED) is 0.438. The number of aromatic nitrogens is 5. The van der Waals surface area contributed by atoms with E-state index in [0.29, 0.717) is 22.8 Å². The highest BCUT2D eigenvalue weighted by atomic mass is 16.6. The Bertz CT molecular complexity index is 1040. The minimum absolute atomic E-state index is 0.0373. The largest absolute Gasteiger partial charge is 0.493 e. The molecule has 1 aromatic carbocycles. The number of hydrogen-bond donors (Lipinski definition) is 2. The van der Waals surface area contributed by atoms with E-state index in [4.69, 9.17) is 15.2 Å². The molecule has 0 spiro atoms. The summed E-state index contributed by atoms with van der Waals surface area (Å²) in [5.74, 6) is 0.688. The number of ether oxygens (including phenoxy) is 2. The van der Waals surface area contributed by atoms with Gasteiger partial charge in [-0.1, -0.05) is 19.1 Å². The number of nitrogen functional groups attached to an aromatic ring is 1. The monoisotopic (exact) mass is 400 g/mol. The van der Waals surface area contributed by atoms with E-state index in [0.717, 1.165) is 0 Å². The standard InChI is InChI=1S/C17H20N8O4/c1-9(2)14-13(20-24-25(14)16-15(18)22-29-23-16)17(26)21-19-8-10-5-6-11(27-3)12(7-10)28-4/h5-9H,1-4H3,(H2,18,22)(H,21,26)/b19-8+. The average Bonchev–Trinajstić information content (AvgIpc) is 3.33. The van der Waals surface area contributed by atoms with Crippen molar-refractivity contribution >= 4 is 17.9 Å². The van der Waals surface area contributed by atoms with Crippen LogP contribution in [-0.2, 0) is 0 Å². The second-order valence-corrected chi connectivity index (χ2v) is 6.18. The predicted molar refractivity (Wildman–Crippen MR) is 102 cm³/mol. The molecule has 1 amide bonds. The third-order valence-electron chi connectivity index (χ3n) is 3.95. The molecule has 0 aliphatic heterocycles. The van der Waals surface area contributed by atoms with Gasteiger partial charge in [0.1, 0.15) is 0 Å². The number of nitrogens with two attached hydrogens (primary N) is 1. The van der Waals surface area contributed by atoms with Crippen LogP contribution in [0.3, 0.4) is 0 Å². The molecule has 3 aromatic rings. The van der Waals surface area contributed by atoms with Crippen molar-refractivity contribution in [2.45, 2.75) is 19.8 Å². The number of hydrazone groups is 1. The fourth-order valence-electron chi connectivity index (χ4n) is 2.61. The molecule has 152 valence electrons. The van der Waals surface area contributed by atoms with E-state index in [-0.39, 0.29) is 23.2 Å². The molecule has 2 heterocycles. The van der Waals surface area contributed by atoms with E-state index in [1.54, 1.807) is 25.3 Å². The van der Waals surface area contributed by atoms with Crippen molar-refractivity contribution in [2.24, 2.45) is 5.10 Å². The Morgan fingerprint density at radius 3 is 2.66 bits per heavy atom. The van der Waals surface area contributed by atoms with E-state index >= 15 is 0 Å². The van der Waals surface area contributed by atoms with Crippen molar-refractivity contribution in [3.63, 3.8) is 0 Å². The van der Waals surface area contributed by atoms with Gasteiger partial charge < -0.3 is 15.2 Å². The van der Waals surface area contributed by atoms with Crippen LogP contribution in [0.1, 0.15) is 41.5 Å². The zero-order valence-corrected chi connectivity index (χ0v) is 16.3. The van der Waals surface area contributed by atoms with Crippen molar-refractivity contribution in [2.75, 3.05) is 20.0 Å². The van der Waals surface area contributed by atoms with E-state index < -0.39 is 5.91 Å². The summed E-state index contributed by atoms with van der Waals surface area (Å²) in [6, 6.07) is 5.23. The van der Waals surface area contributed by atoms with E-state index in [9.17, 15) is 4.79 Å². The number of carbonyl (C=O) groups excluding carboxylic acids is 1. The van der Waals surface area contributed by atoms with Crippen LogP contribution in [0.15, 0.2) is 27.9 Å². The first-order valence-corrected chi connectivity index (χ1v) is 8.55. The van der Waals surface area contributed by atoms with Gasteiger partial charge in [-0.05, 0) is 40.0 Å². The molecule has 3 N–H and O–H groups in total. The van der Waals surface area contributed by atoms with Crippen LogP contribution in [-0.4, -0.2) is 51.6 Å². The van der Waals surface area contributed by atoms with Crippen LogP contribution >= 0.6 is 0 Å². The van der Waals surface area contributed by atoms with Gasteiger partial charge in [-0.15, -0.1) is 5.10 Å². The van der Waals surface area contributed by atoms with Gasteiger partial charge in [0.05, 0.1) is 26.1 Å². The SMILES string of the molecule is COc1ccc(/C=N/NC(=O)c2nnn(-c3nonc3N)c2C(C)C)cc1OC. The predicted octanol–water partition coefficient (Wildman–Crippen LogP) is 1.14. The van der Waals surface area contributed by atoms with Crippen LogP contribution in [0.25, 0.3) is 5.82 Å². The highest BCUT2D eigenvalue weighted by Gasteiger charge is 2.25. The summed E-state index contributed by atoms with van der Waals surface area (Å²) in [5.41, 5.74) is 9.44. The summed E-state index contributed by atoms with van der Waals surface area (Å²) in [6.07, 6.45) is 1.47. The molecule has 0 aliphatic rings. The zero-order valence-electron chi connectivity index (χ0n) is 16.3. The maximum absolute atomic E-state index is 12.6. The number of methoxy groups -OCH3 is 2. The zero-order chi connectivity index (χ0) is 21.0. The molecule has 0 aliphatic carbocycles. The summed E-state index contributed by atoms with van der Waals surface area (Å²) in [5, 5.41) is 19.1. The number of carbonyl (C=O) groups is 1. The molecule has 29 heavy (non-hydrogen) atoms. The smallest absolute Gasteiger partial charge is 0.293 e. The molecular formula is C17H20N8O4. The van der Waals surface area contributed by atoms with Crippen LogP contribution in [0, 0.1) is 0 Å². The highest BCUT2D eigenvalue weighted by Crippen LogP contribution is 2.27. The summed E-state index contributed by atoms with van der Waals surface area (Å²) < 4.78 is 16.3. The average molecular weight is 400 g/mol. The van der Waals surface area contributed by atoms with Gasteiger partial charge in [0.15, 0.2) is 17.2 Å². The third-order valence-corrected chi connectivity index (χ3v) is 3.95. The lowest BCUT2D eigenvalue weighted by atomic mass is 10.1. The van der Waals surface area contributed by atoms with Crippen molar-refractivity contribution in [3.05, 3.63) is 35.2 Å². The number of nitrogens with one attached hydrogen (secondary N) is 1. The molecule has 0 saturated heterocycles. The summed E-state index contributed by atoms with van der Waals surface area (Å²) >= 11 is 0. The molecule has 0 bridgehead atoms. The molecule has 0 fully saturated rings. The number of rotatable bonds is 7. The van der Waals surface area contributed by atoms with E-state index in [1.807, 2.05) is 13.8 Å². The molecule has 0 radical (unpaired) electrons. The molecule has 3 rings (SSSR count). The molecule has 12 nitrogen and oxygen atoms in total. The third kappa shape index (κ3) is 4.00. The lowest BCUT2D eigenvalue weighted by molar-refractivity contribution is 0.0948. The second-order valence-electron chi connectivity index (χ2n) is 6.18. The Kier molecular flexibility index (Phi) is 5.71. The highest BCUT2D eigenvalue weighted by molar-refractivity contribution is 5.94. The van der Waals surface area contributed by atoms with Crippen LogP contribution in [0.4, 0.5) is 5.82 Å². The summed E-state index contributed by atoms with van der Waals surface area (Å²) in [4.78, 5) is 12.6. The Morgan fingerprint density at radius 2 is 2.03 bits per heavy atom. The normalized spacial score (nSPS) is 11.2. The molecule has 0 atom stereocenters. The number of benzene rings is 1. The van der Waals surface area contributed by atoms with Crippen LogP contribution in [0.2, 0.25) is 0 Å². The Balaban J connectivity index is 1.80. The van der Waals surface area contributed by atoms with Gasteiger partial charge in [0.2, 0.25) is 11.6 Å². The van der Waals surface area contributed by atoms with Gasteiger partial charge in [-0.3, -0.25) is 4.79 Å². The van der Waals surface area contributed by atoms with Crippen LogP contribution < -0.4 is 20.6 Å². The first-order valence-electron chi connectivity index (χ1n) is 8.55. The first-order chi connectivity index (χ1) is 14.0. The molecule has 2 aromatic heterocycles. The molecule has 12 heteroatoms. The van der Waals surface area contributed by atoms with Crippen molar-refractivity contribution in [1.29, 1.82) is 0 Å². The van der Waals surface area contributed by atoms with Crippen molar-refractivity contribution in [1.82, 2.24) is 30.7 Å². The number of amides is 1. The topological polar surface area (TPSA) is 156 Å². The Labute approximate surface area is 165 Å². The minimum Gasteiger partial charge on any atom is -0.493 e. The number of nitrogens with zero attached hydrogens (tertiary/aromatic N) is 6. The van der Waals surface area contributed by atoms with Crippen LogP contribution in [0.5, 0.6) is 11.5 Å². The van der Waals surface area contributed by atoms with Crippen molar-refractivity contribution in [3.8, 4) is 17.3 Å². The number of hydrogen-bond acceptors (Lipinski definition) is 10. The van der Waals surface area contributed by atoms with Crippen molar-refractivity contribution < 1.29 is 18.9 Å². The lowest BCUT2D eigenvalue weighted by Gasteiger charge is -2.08. The maximum atomic E-state index is 12.6. The van der Waals surface area contributed by atoms with E-state index in [2.05, 4.69) is 35.8 Å². The lowest BCUT2D eigenvalue weighted by Crippen LogP contribution is -2.21. The molecular weight excluding hydrogens is 380 g/mol. The van der Waals surface area contributed by atoms with Gasteiger partial charge in [-0.25, -0.2) is 10.1 Å². The molecule has 0 unspecified atom stereocenters. The second kappa shape index (κ2) is 8.37. The summed E-state index contributed by atoms with van der Waals surface area (Å²) in [6.45, 7) is 3.76. The van der Waals surface area contributed by atoms with Gasteiger partial charge >= 0.3 is 0 Å². The van der Waals surface area contributed by atoms with E-state index in [1.165, 1.54) is 18.0 Å². The van der Waals surface area contributed by atoms with Gasteiger partial charge in [0.25, 0.3) is 5.91 Å². The van der Waals surface area contributed by atoms with Gasteiger partial charge in [0, 0.05) is 0 Å². The van der Waals surface area contributed by atoms with Gasteiger partial charge in [-0.2, -0.15) is 9.78 Å². The fraction of sp³-hybridized carbons (Fsp3) is 0.294. The Hall–Kier alpha value is -3.96. The Morgan fingerprint density at radius 1 is 1.28 bits per heavy atom. The first kappa shape index (κ1) is 19.8. The number of anilines is 1. The molecule has 0 saturated carbocycles. The maximum Gasteiger partial charge on any atom is 0.293 e.